The van der Waals surface area contributed by atoms with Gasteiger partial charge in [0.15, 0.2) is 0 Å². The zero-order chi connectivity index (χ0) is 15.2. The van der Waals surface area contributed by atoms with Gasteiger partial charge in [-0.25, -0.2) is 0 Å². The molecule has 21 heavy (non-hydrogen) atoms. The van der Waals surface area contributed by atoms with Crippen LogP contribution in [0, 0.1) is 0 Å². The monoisotopic (exact) mass is 323 g/mol. The van der Waals surface area contributed by atoms with Crippen LogP contribution in [0.25, 0.3) is 0 Å². The molecule has 0 saturated carbocycles. The van der Waals surface area contributed by atoms with E-state index in [0.29, 0.717) is 21.5 Å². The van der Waals surface area contributed by atoms with Gasteiger partial charge in [0, 0.05) is 16.1 Å². The Kier molecular flexibility index (Phi) is 5.92. The van der Waals surface area contributed by atoms with E-state index in [-0.39, 0.29) is 6.04 Å². The lowest BCUT2D eigenvalue weighted by atomic mass is 10.1. The third-order valence-electron chi connectivity index (χ3n) is 3.17. The van der Waals surface area contributed by atoms with Gasteiger partial charge in [0.05, 0.1) is 0 Å². The third-order valence-corrected chi connectivity index (χ3v) is 3.73. The summed E-state index contributed by atoms with van der Waals surface area (Å²) in [6.45, 7) is 5.22. The summed E-state index contributed by atoms with van der Waals surface area (Å²) >= 11 is 12.3. The lowest BCUT2D eigenvalue weighted by molar-refractivity contribution is 0.482. The fourth-order valence-corrected chi connectivity index (χ4v) is 2.57. The summed E-state index contributed by atoms with van der Waals surface area (Å²) in [5.41, 5.74) is 1.07. The number of nitrogens with one attached hydrogen (secondary N) is 1. The average molecular weight is 324 g/mol. The quantitative estimate of drug-likeness (QED) is 0.720. The number of halogens is 2. The molecule has 2 nitrogen and oxygen atoms in total. The largest absolute Gasteiger partial charge is 0.457 e. The van der Waals surface area contributed by atoms with E-state index in [1.807, 2.05) is 36.4 Å². The first-order valence-corrected chi connectivity index (χ1v) is 7.82. The van der Waals surface area contributed by atoms with Crippen molar-refractivity contribution in [1.82, 2.24) is 5.32 Å². The number of benzene rings is 2. The molecule has 2 aromatic rings. The molecule has 4 heteroatoms. The van der Waals surface area contributed by atoms with Crippen molar-refractivity contribution in [2.45, 2.75) is 26.3 Å². The molecule has 1 atom stereocenters. The first-order valence-electron chi connectivity index (χ1n) is 7.06. The van der Waals surface area contributed by atoms with Crippen molar-refractivity contribution in [3.05, 3.63) is 58.1 Å². The van der Waals surface area contributed by atoms with Crippen molar-refractivity contribution in [2.24, 2.45) is 0 Å². The van der Waals surface area contributed by atoms with Gasteiger partial charge in [-0.15, -0.1) is 0 Å². The first kappa shape index (κ1) is 16.2. The molecule has 1 unspecified atom stereocenters. The fraction of sp³-hybridized carbons (Fsp3) is 0.294. The Balaban J connectivity index is 2.11. The maximum Gasteiger partial charge on any atom is 0.128 e. The molecule has 0 amide bonds. The molecular formula is C17H19Cl2NO. The minimum absolute atomic E-state index is 0.220. The third kappa shape index (κ3) is 4.63. The summed E-state index contributed by atoms with van der Waals surface area (Å²) in [5.74, 6) is 1.40. The second-order valence-electron chi connectivity index (χ2n) is 4.92. The van der Waals surface area contributed by atoms with Crippen molar-refractivity contribution in [3.63, 3.8) is 0 Å². The predicted octanol–water partition coefficient (Wildman–Crippen LogP) is 5.85. The summed E-state index contributed by atoms with van der Waals surface area (Å²) < 4.78 is 5.77. The SMILES string of the molecule is CCCNC(C)c1ccc(Oc2cccc(Cl)c2)cc1Cl. The van der Waals surface area contributed by atoms with E-state index in [1.54, 1.807) is 6.07 Å². The minimum atomic E-state index is 0.220. The summed E-state index contributed by atoms with van der Waals surface area (Å²) in [6, 6.07) is 13.3. The maximum absolute atomic E-state index is 6.35. The van der Waals surface area contributed by atoms with Gasteiger partial charge >= 0.3 is 0 Å². The molecule has 0 aliphatic rings. The molecule has 0 heterocycles. The van der Waals surface area contributed by atoms with Crippen molar-refractivity contribution in [3.8, 4) is 11.5 Å². The number of ether oxygens (including phenoxy) is 1. The van der Waals surface area contributed by atoms with Crippen LogP contribution in [-0.4, -0.2) is 6.54 Å². The molecule has 1 N–H and O–H groups in total. The van der Waals surface area contributed by atoms with Gasteiger partial charge in [-0.1, -0.05) is 42.3 Å². The lowest BCUT2D eigenvalue weighted by Gasteiger charge is -2.16. The molecule has 0 spiro atoms. The molecule has 0 radical (unpaired) electrons. The van der Waals surface area contributed by atoms with Crippen LogP contribution in [0.1, 0.15) is 31.9 Å². The average Bonchev–Trinajstić information content (AvgIpc) is 2.45. The van der Waals surface area contributed by atoms with Crippen LogP contribution in [0.15, 0.2) is 42.5 Å². The Bertz CT molecular complexity index is 601. The van der Waals surface area contributed by atoms with Crippen molar-refractivity contribution >= 4 is 23.2 Å². The first-order chi connectivity index (χ1) is 10.1. The summed E-state index contributed by atoms with van der Waals surface area (Å²) in [5, 5.41) is 4.77. The van der Waals surface area contributed by atoms with Gasteiger partial charge in [-0.3, -0.25) is 0 Å². The van der Waals surface area contributed by atoms with Crippen LogP contribution in [0.4, 0.5) is 0 Å². The molecule has 0 aliphatic heterocycles. The van der Waals surface area contributed by atoms with Gasteiger partial charge in [-0.2, -0.15) is 0 Å². The van der Waals surface area contributed by atoms with Crippen LogP contribution < -0.4 is 10.1 Å². The fourth-order valence-electron chi connectivity index (χ4n) is 2.06. The Morgan fingerprint density at radius 2 is 1.86 bits per heavy atom. The van der Waals surface area contributed by atoms with Gasteiger partial charge in [0.25, 0.3) is 0 Å². The number of rotatable bonds is 6. The Morgan fingerprint density at radius 1 is 1.10 bits per heavy atom. The van der Waals surface area contributed by atoms with Crippen molar-refractivity contribution < 1.29 is 4.74 Å². The van der Waals surface area contributed by atoms with E-state index >= 15 is 0 Å². The predicted molar refractivity (Wildman–Crippen MR) is 89.7 cm³/mol. The summed E-state index contributed by atoms with van der Waals surface area (Å²) in [7, 11) is 0. The molecule has 0 aliphatic carbocycles. The Hall–Kier alpha value is -1.22. The highest BCUT2D eigenvalue weighted by Crippen LogP contribution is 2.30. The molecule has 0 fully saturated rings. The molecule has 0 bridgehead atoms. The molecule has 0 aromatic heterocycles. The van der Waals surface area contributed by atoms with E-state index in [4.69, 9.17) is 27.9 Å². The molecular weight excluding hydrogens is 305 g/mol. The van der Waals surface area contributed by atoms with Crippen molar-refractivity contribution in [2.75, 3.05) is 6.54 Å². The highest BCUT2D eigenvalue weighted by atomic mass is 35.5. The van der Waals surface area contributed by atoms with Gasteiger partial charge in [-0.05, 0) is 55.8 Å². The van der Waals surface area contributed by atoms with Crippen molar-refractivity contribution in [1.29, 1.82) is 0 Å². The topological polar surface area (TPSA) is 21.3 Å². The second-order valence-corrected chi connectivity index (χ2v) is 5.76. The maximum atomic E-state index is 6.35. The van der Waals surface area contributed by atoms with E-state index in [9.17, 15) is 0 Å². The molecule has 112 valence electrons. The normalized spacial score (nSPS) is 12.2. The highest BCUT2D eigenvalue weighted by molar-refractivity contribution is 6.31. The van der Waals surface area contributed by atoms with Gasteiger partial charge in [0.2, 0.25) is 0 Å². The van der Waals surface area contributed by atoms with Crippen LogP contribution >= 0.6 is 23.2 Å². The van der Waals surface area contributed by atoms with E-state index in [1.165, 1.54) is 0 Å². The van der Waals surface area contributed by atoms with E-state index in [0.717, 1.165) is 18.5 Å². The standard InChI is InChI=1S/C17H19Cl2NO/c1-3-9-20-12(2)16-8-7-15(11-17(16)19)21-14-6-4-5-13(18)10-14/h4-8,10-12,20H,3,9H2,1-2H3. The lowest BCUT2D eigenvalue weighted by Crippen LogP contribution is -2.19. The molecule has 2 aromatic carbocycles. The summed E-state index contributed by atoms with van der Waals surface area (Å²) in [6.07, 6.45) is 1.10. The summed E-state index contributed by atoms with van der Waals surface area (Å²) in [4.78, 5) is 0. The van der Waals surface area contributed by atoms with Gasteiger partial charge in [0.1, 0.15) is 11.5 Å². The van der Waals surface area contributed by atoms with Crippen LogP contribution in [-0.2, 0) is 0 Å². The zero-order valence-electron chi connectivity index (χ0n) is 12.2. The second kappa shape index (κ2) is 7.69. The zero-order valence-corrected chi connectivity index (χ0v) is 13.7. The van der Waals surface area contributed by atoms with Crippen LogP contribution in [0.2, 0.25) is 10.0 Å². The van der Waals surface area contributed by atoms with E-state index in [2.05, 4.69) is 19.2 Å². The minimum Gasteiger partial charge on any atom is -0.457 e. The smallest absolute Gasteiger partial charge is 0.128 e. The molecule has 0 saturated heterocycles. The Labute approximate surface area is 136 Å². The van der Waals surface area contributed by atoms with Gasteiger partial charge < -0.3 is 10.1 Å². The molecule has 2 rings (SSSR count). The van der Waals surface area contributed by atoms with E-state index < -0.39 is 0 Å². The Morgan fingerprint density at radius 3 is 2.52 bits per heavy atom. The number of hydrogen-bond acceptors (Lipinski definition) is 2. The number of hydrogen-bond donors (Lipinski definition) is 1. The van der Waals surface area contributed by atoms with Crippen LogP contribution in [0.5, 0.6) is 11.5 Å². The van der Waals surface area contributed by atoms with Crippen LogP contribution in [0.3, 0.4) is 0 Å². The highest BCUT2D eigenvalue weighted by Gasteiger charge is 2.10.